The number of nitrogens with two attached hydrogens (primary N) is 1. The Morgan fingerprint density at radius 1 is 1.43 bits per heavy atom. The number of ether oxygens (including phenoxy) is 1. The molecule has 0 spiro atoms. The van der Waals surface area contributed by atoms with Gasteiger partial charge in [0, 0.05) is 18.3 Å². The van der Waals surface area contributed by atoms with Crippen molar-refractivity contribution in [1.82, 2.24) is 10.2 Å². The first kappa shape index (κ1) is 15.3. The van der Waals surface area contributed by atoms with Gasteiger partial charge in [0.25, 0.3) is 0 Å². The number of rotatable bonds is 6. The van der Waals surface area contributed by atoms with E-state index in [-0.39, 0.29) is 24.4 Å². The maximum Gasteiger partial charge on any atom is 0.243 e. The highest BCUT2D eigenvalue weighted by Gasteiger charge is 2.31. The molecule has 0 radical (unpaired) electrons. The van der Waals surface area contributed by atoms with Crippen molar-refractivity contribution in [1.29, 1.82) is 0 Å². The third-order valence-electron chi connectivity index (χ3n) is 3.46. The molecule has 6 heteroatoms. The van der Waals surface area contributed by atoms with Crippen LogP contribution in [0, 0.1) is 0 Å². The van der Waals surface area contributed by atoms with Crippen molar-refractivity contribution in [3.05, 3.63) is 24.3 Å². The van der Waals surface area contributed by atoms with Crippen LogP contribution in [0.5, 0.6) is 5.75 Å². The van der Waals surface area contributed by atoms with Crippen molar-refractivity contribution in [2.75, 3.05) is 25.4 Å². The van der Waals surface area contributed by atoms with Gasteiger partial charge in [0.2, 0.25) is 11.8 Å². The topological polar surface area (TPSA) is 84.7 Å². The molecular weight excluding hydrogens is 270 g/mol. The normalized spacial score (nSPS) is 19.4. The molecule has 0 aliphatic carbocycles. The molecule has 3 N–H and O–H groups in total. The molecule has 0 saturated carbocycles. The summed E-state index contributed by atoms with van der Waals surface area (Å²) in [5.74, 6) is 0.293. The van der Waals surface area contributed by atoms with E-state index in [1.165, 1.54) is 0 Å². The number of anilines is 1. The second-order valence-corrected chi connectivity index (χ2v) is 5.08. The summed E-state index contributed by atoms with van der Waals surface area (Å²) in [5.41, 5.74) is 6.34. The van der Waals surface area contributed by atoms with Crippen molar-refractivity contribution < 1.29 is 14.3 Å². The highest BCUT2D eigenvalue weighted by atomic mass is 16.5. The fraction of sp³-hybridized carbons (Fsp3) is 0.467. The molecule has 21 heavy (non-hydrogen) atoms. The van der Waals surface area contributed by atoms with Crippen molar-refractivity contribution in [2.24, 2.45) is 0 Å². The molecule has 1 atom stereocenters. The van der Waals surface area contributed by atoms with Gasteiger partial charge in [-0.2, -0.15) is 0 Å². The first-order valence-electron chi connectivity index (χ1n) is 7.16. The van der Waals surface area contributed by atoms with Crippen LogP contribution in [0.25, 0.3) is 0 Å². The first-order chi connectivity index (χ1) is 10.1. The van der Waals surface area contributed by atoms with E-state index in [9.17, 15) is 9.59 Å². The maximum atomic E-state index is 11.7. The third-order valence-corrected chi connectivity index (χ3v) is 3.46. The number of amides is 2. The molecule has 6 nitrogen and oxygen atoms in total. The fourth-order valence-electron chi connectivity index (χ4n) is 2.46. The Hall–Kier alpha value is -2.08. The molecule has 1 aliphatic rings. The van der Waals surface area contributed by atoms with Crippen LogP contribution < -0.4 is 15.8 Å². The Morgan fingerprint density at radius 3 is 2.95 bits per heavy atom. The van der Waals surface area contributed by atoms with E-state index in [1.54, 1.807) is 12.1 Å². The largest absolute Gasteiger partial charge is 0.493 e. The molecule has 0 bridgehead atoms. The molecule has 1 aromatic carbocycles. The Bertz CT molecular complexity index is 519. The zero-order chi connectivity index (χ0) is 15.2. The number of imide groups is 1. The Labute approximate surface area is 124 Å². The summed E-state index contributed by atoms with van der Waals surface area (Å²) >= 11 is 0. The number of piperazine rings is 1. The van der Waals surface area contributed by atoms with Crippen molar-refractivity contribution in [2.45, 2.75) is 25.8 Å². The lowest BCUT2D eigenvalue weighted by Gasteiger charge is -2.33. The van der Waals surface area contributed by atoms with Gasteiger partial charge in [0.05, 0.1) is 19.2 Å². The molecule has 2 rings (SSSR count). The summed E-state index contributed by atoms with van der Waals surface area (Å²) in [6.07, 6.45) is 1.43. The van der Waals surface area contributed by atoms with Gasteiger partial charge >= 0.3 is 0 Å². The quantitative estimate of drug-likeness (QED) is 0.459. The second kappa shape index (κ2) is 7.08. The molecular formula is C15H21N3O3. The zero-order valence-electron chi connectivity index (χ0n) is 12.2. The van der Waals surface area contributed by atoms with E-state index in [4.69, 9.17) is 10.5 Å². The molecule has 2 amide bonds. The Balaban J connectivity index is 1.79. The molecule has 1 aliphatic heterocycles. The standard InChI is InChI=1S/C15H21N3O3/c1-2-13-15(20)17-14(19)10-18(13)7-4-8-21-12-6-3-5-11(16)9-12/h3,5-6,9,13H,2,4,7-8,10,16H2,1H3,(H,17,19,20). The number of nitrogens with one attached hydrogen (secondary N) is 1. The van der Waals surface area contributed by atoms with Gasteiger partial charge in [-0.05, 0) is 25.0 Å². The van der Waals surface area contributed by atoms with Crippen LogP contribution in [0.3, 0.4) is 0 Å². The second-order valence-electron chi connectivity index (χ2n) is 5.08. The molecule has 114 valence electrons. The minimum atomic E-state index is -0.235. The average molecular weight is 291 g/mol. The molecule has 1 saturated heterocycles. The highest BCUT2D eigenvalue weighted by Crippen LogP contribution is 2.15. The van der Waals surface area contributed by atoms with E-state index >= 15 is 0 Å². The summed E-state index contributed by atoms with van der Waals surface area (Å²) in [7, 11) is 0. The lowest BCUT2D eigenvalue weighted by Crippen LogP contribution is -2.58. The van der Waals surface area contributed by atoms with Crippen molar-refractivity contribution in [3.63, 3.8) is 0 Å². The predicted molar refractivity (Wildman–Crippen MR) is 79.8 cm³/mol. The predicted octanol–water partition coefficient (Wildman–Crippen LogP) is 0.775. The number of nitrogens with zero attached hydrogens (tertiary/aromatic N) is 1. The summed E-state index contributed by atoms with van der Waals surface area (Å²) < 4.78 is 5.61. The zero-order valence-corrected chi connectivity index (χ0v) is 12.2. The Kier molecular flexibility index (Phi) is 5.16. The maximum absolute atomic E-state index is 11.7. The summed E-state index contributed by atoms with van der Waals surface area (Å²) in [4.78, 5) is 25.0. The van der Waals surface area contributed by atoms with Gasteiger partial charge in [-0.25, -0.2) is 0 Å². The van der Waals surface area contributed by atoms with Gasteiger partial charge in [-0.3, -0.25) is 19.8 Å². The molecule has 1 unspecified atom stereocenters. The summed E-state index contributed by atoms with van der Waals surface area (Å²) in [6.45, 7) is 3.38. The number of hydrogen-bond acceptors (Lipinski definition) is 5. The third kappa shape index (κ3) is 4.19. The van der Waals surface area contributed by atoms with Crippen LogP contribution in [-0.2, 0) is 9.59 Å². The summed E-state index contributed by atoms with van der Waals surface area (Å²) in [6, 6.07) is 7.03. The van der Waals surface area contributed by atoms with E-state index < -0.39 is 0 Å². The lowest BCUT2D eigenvalue weighted by molar-refractivity contribution is -0.140. The molecule has 1 heterocycles. The Morgan fingerprint density at radius 2 is 2.24 bits per heavy atom. The van der Waals surface area contributed by atoms with Gasteiger partial charge < -0.3 is 10.5 Å². The van der Waals surface area contributed by atoms with E-state index in [0.29, 0.717) is 25.3 Å². The average Bonchev–Trinajstić information content (AvgIpc) is 2.43. The number of benzene rings is 1. The number of nitrogen functional groups attached to an aromatic ring is 1. The first-order valence-corrected chi connectivity index (χ1v) is 7.16. The molecule has 1 aromatic rings. The van der Waals surface area contributed by atoms with Crippen LogP contribution >= 0.6 is 0 Å². The van der Waals surface area contributed by atoms with Crippen LogP contribution in [0.1, 0.15) is 19.8 Å². The smallest absolute Gasteiger partial charge is 0.243 e. The van der Waals surface area contributed by atoms with Crippen LogP contribution in [-0.4, -0.2) is 42.5 Å². The minimum absolute atomic E-state index is 0.203. The number of carbonyl (C=O) groups excluding carboxylic acids is 2. The van der Waals surface area contributed by atoms with Crippen LogP contribution in [0.4, 0.5) is 5.69 Å². The van der Waals surface area contributed by atoms with Crippen LogP contribution in [0.15, 0.2) is 24.3 Å². The minimum Gasteiger partial charge on any atom is -0.493 e. The highest BCUT2D eigenvalue weighted by molar-refractivity contribution is 6.01. The summed E-state index contributed by atoms with van der Waals surface area (Å²) in [5, 5.41) is 2.37. The molecule has 1 fully saturated rings. The molecule has 0 aromatic heterocycles. The van der Waals surface area contributed by atoms with Crippen molar-refractivity contribution in [3.8, 4) is 5.75 Å². The van der Waals surface area contributed by atoms with Crippen LogP contribution in [0.2, 0.25) is 0 Å². The number of carbonyl (C=O) groups is 2. The van der Waals surface area contributed by atoms with Gasteiger partial charge in [-0.1, -0.05) is 13.0 Å². The van der Waals surface area contributed by atoms with Gasteiger partial charge in [0.1, 0.15) is 5.75 Å². The fourth-order valence-corrected chi connectivity index (χ4v) is 2.46. The van der Waals surface area contributed by atoms with Gasteiger partial charge in [-0.15, -0.1) is 0 Å². The van der Waals surface area contributed by atoms with E-state index in [2.05, 4.69) is 5.32 Å². The monoisotopic (exact) mass is 291 g/mol. The van der Waals surface area contributed by atoms with Crippen molar-refractivity contribution >= 4 is 17.5 Å². The van der Waals surface area contributed by atoms with E-state index in [0.717, 1.165) is 12.2 Å². The van der Waals surface area contributed by atoms with E-state index in [1.807, 2.05) is 24.0 Å². The SMILES string of the molecule is CCC1C(=O)NC(=O)CN1CCCOc1cccc(N)c1. The number of hydrogen-bond donors (Lipinski definition) is 2. The lowest BCUT2D eigenvalue weighted by atomic mass is 10.1. The van der Waals surface area contributed by atoms with Gasteiger partial charge in [0.15, 0.2) is 0 Å².